The van der Waals surface area contributed by atoms with Crippen molar-refractivity contribution in [3.8, 4) is 0 Å². The second-order valence-corrected chi connectivity index (χ2v) is 5.54. The number of halogens is 2. The monoisotopic (exact) mass is 343 g/mol. The predicted octanol–water partition coefficient (Wildman–Crippen LogP) is 2.99. The summed E-state index contributed by atoms with van der Waals surface area (Å²) in [7, 11) is 0. The van der Waals surface area contributed by atoms with Gasteiger partial charge < -0.3 is 14.8 Å². The van der Waals surface area contributed by atoms with E-state index in [-0.39, 0.29) is 24.7 Å². The molecule has 0 heterocycles. The van der Waals surface area contributed by atoms with E-state index in [4.69, 9.17) is 9.47 Å². The Kier molecular flexibility index (Phi) is 7.78. The number of benzene rings is 1. The van der Waals surface area contributed by atoms with Crippen LogP contribution in [0.5, 0.6) is 0 Å². The molecule has 0 bridgehead atoms. The highest BCUT2D eigenvalue weighted by atomic mass is 19.1. The van der Waals surface area contributed by atoms with E-state index >= 15 is 0 Å². The normalized spacial score (nSPS) is 12.1. The molecule has 1 aromatic carbocycles. The van der Waals surface area contributed by atoms with Crippen LogP contribution >= 0.6 is 0 Å². The van der Waals surface area contributed by atoms with E-state index in [1.165, 1.54) is 0 Å². The third-order valence-electron chi connectivity index (χ3n) is 3.11. The highest BCUT2D eigenvalue weighted by Gasteiger charge is 2.30. The Hall–Kier alpha value is -2.02. The van der Waals surface area contributed by atoms with E-state index in [0.717, 1.165) is 12.1 Å². The summed E-state index contributed by atoms with van der Waals surface area (Å²) in [4.78, 5) is 23.8. The van der Waals surface area contributed by atoms with Crippen LogP contribution < -0.4 is 5.32 Å². The molecule has 0 spiro atoms. The number of carbonyl (C=O) groups is 2. The van der Waals surface area contributed by atoms with E-state index in [0.29, 0.717) is 6.54 Å². The number of carbonyl (C=O) groups excluding carboxylic acids is 2. The highest BCUT2D eigenvalue weighted by molar-refractivity contribution is 5.94. The van der Waals surface area contributed by atoms with Crippen molar-refractivity contribution < 1.29 is 27.8 Å². The van der Waals surface area contributed by atoms with Gasteiger partial charge in [-0.3, -0.25) is 4.79 Å². The quantitative estimate of drug-likeness (QED) is 0.737. The first-order chi connectivity index (χ1) is 11.3. The van der Waals surface area contributed by atoms with Gasteiger partial charge in [0.05, 0.1) is 12.2 Å². The lowest BCUT2D eigenvalue weighted by molar-refractivity contribution is -0.157. The number of amides is 1. The van der Waals surface area contributed by atoms with Gasteiger partial charge in [-0.1, -0.05) is 13.8 Å². The first kappa shape index (κ1) is 20.0. The number of rotatable bonds is 8. The van der Waals surface area contributed by atoms with Crippen molar-refractivity contribution >= 4 is 11.9 Å². The number of hydrogen-bond donors (Lipinski definition) is 1. The van der Waals surface area contributed by atoms with Crippen molar-refractivity contribution in [1.82, 2.24) is 5.32 Å². The summed E-state index contributed by atoms with van der Waals surface area (Å²) in [6.45, 7) is 7.48. The fourth-order valence-electron chi connectivity index (χ4n) is 2.02. The number of esters is 1. The molecule has 134 valence electrons. The van der Waals surface area contributed by atoms with Gasteiger partial charge in [-0.2, -0.15) is 0 Å². The molecule has 1 aromatic rings. The predicted molar refractivity (Wildman–Crippen MR) is 84.5 cm³/mol. The Labute approximate surface area is 140 Å². The summed E-state index contributed by atoms with van der Waals surface area (Å²) >= 11 is 0. The Morgan fingerprint density at radius 3 is 2.17 bits per heavy atom. The molecule has 0 aliphatic carbocycles. The van der Waals surface area contributed by atoms with Gasteiger partial charge in [0, 0.05) is 18.7 Å². The van der Waals surface area contributed by atoms with E-state index in [9.17, 15) is 18.4 Å². The second kappa shape index (κ2) is 9.32. The van der Waals surface area contributed by atoms with Gasteiger partial charge in [0.2, 0.25) is 0 Å². The van der Waals surface area contributed by atoms with Crippen molar-refractivity contribution in [2.24, 2.45) is 5.92 Å². The van der Waals surface area contributed by atoms with E-state index in [1.807, 2.05) is 13.8 Å². The van der Waals surface area contributed by atoms with E-state index in [1.54, 1.807) is 13.8 Å². The lowest BCUT2D eigenvalue weighted by Gasteiger charge is -2.18. The minimum atomic E-state index is -1.51. The topological polar surface area (TPSA) is 64.6 Å². The lowest BCUT2D eigenvalue weighted by Crippen LogP contribution is -2.28. The summed E-state index contributed by atoms with van der Waals surface area (Å²) in [5.74, 6) is -3.33. The minimum absolute atomic E-state index is 0.0569. The van der Waals surface area contributed by atoms with Crippen LogP contribution in [-0.2, 0) is 14.3 Å². The molecule has 0 saturated heterocycles. The first-order valence-corrected chi connectivity index (χ1v) is 7.87. The first-order valence-electron chi connectivity index (χ1n) is 7.87. The van der Waals surface area contributed by atoms with Gasteiger partial charge in [-0.15, -0.1) is 0 Å². The average Bonchev–Trinajstić information content (AvgIpc) is 2.51. The zero-order chi connectivity index (χ0) is 18.3. The van der Waals surface area contributed by atoms with E-state index in [2.05, 4.69) is 5.32 Å². The molecule has 7 heteroatoms. The molecule has 0 aromatic heterocycles. The molecule has 0 aliphatic rings. The van der Waals surface area contributed by atoms with Crippen molar-refractivity contribution in [2.75, 3.05) is 19.8 Å². The molecule has 1 unspecified atom stereocenters. The van der Waals surface area contributed by atoms with Gasteiger partial charge in [-0.25, -0.2) is 13.6 Å². The smallest absolute Gasteiger partial charge is 0.340 e. The van der Waals surface area contributed by atoms with Gasteiger partial charge in [0.1, 0.15) is 11.6 Å². The molecular formula is C17H23F2NO4. The van der Waals surface area contributed by atoms with Crippen molar-refractivity contribution in [1.29, 1.82) is 0 Å². The van der Waals surface area contributed by atoms with Crippen molar-refractivity contribution in [3.63, 3.8) is 0 Å². The standard InChI is InChI=1S/C17H23F2NO4/c1-5-23-15(17(22)24-6-2)14-12(18)7-11(8-13(14)19)16(21)20-9-10(3)4/h7-8,10,15H,5-6,9H2,1-4H3,(H,20,21). The molecule has 0 aliphatic heterocycles. The molecule has 0 fully saturated rings. The van der Waals surface area contributed by atoms with Crippen LogP contribution in [-0.4, -0.2) is 31.6 Å². The molecule has 0 radical (unpaired) electrons. The third kappa shape index (κ3) is 5.26. The lowest BCUT2D eigenvalue weighted by atomic mass is 10.0. The third-order valence-corrected chi connectivity index (χ3v) is 3.11. The Morgan fingerprint density at radius 2 is 1.71 bits per heavy atom. The maximum atomic E-state index is 14.3. The van der Waals surface area contributed by atoms with Gasteiger partial charge in [0.25, 0.3) is 5.91 Å². The zero-order valence-corrected chi connectivity index (χ0v) is 14.3. The van der Waals surface area contributed by atoms with Gasteiger partial charge >= 0.3 is 5.97 Å². The van der Waals surface area contributed by atoms with Crippen LogP contribution in [0.2, 0.25) is 0 Å². The molecule has 1 rings (SSSR count). The summed E-state index contributed by atoms with van der Waals surface area (Å²) < 4.78 is 38.6. The molecule has 5 nitrogen and oxygen atoms in total. The molecule has 1 amide bonds. The van der Waals surface area contributed by atoms with Crippen LogP contribution in [0.3, 0.4) is 0 Å². The van der Waals surface area contributed by atoms with Gasteiger partial charge in [-0.05, 0) is 31.9 Å². The fourth-order valence-corrected chi connectivity index (χ4v) is 2.02. The molecule has 24 heavy (non-hydrogen) atoms. The number of hydrogen-bond acceptors (Lipinski definition) is 4. The van der Waals surface area contributed by atoms with Gasteiger partial charge in [0.15, 0.2) is 6.10 Å². The van der Waals surface area contributed by atoms with E-state index < -0.39 is 35.2 Å². The number of nitrogens with one attached hydrogen (secondary N) is 1. The van der Waals surface area contributed by atoms with Crippen LogP contribution in [0, 0.1) is 17.6 Å². The average molecular weight is 343 g/mol. The zero-order valence-electron chi connectivity index (χ0n) is 14.3. The van der Waals surface area contributed by atoms with Crippen LogP contribution in [0.15, 0.2) is 12.1 Å². The Morgan fingerprint density at radius 1 is 1.12 bits per heavy atom. The van der Waals surface area contributed by atoms with Crippen LogP contribution in [0.4, 0.5) is 8.78 Å². The molecular weight excluding hydrogens is 320 g/mol. The largest absolute Gasteiger partial charge is 0.464 e. The minimum Gasteiger partial charge on any atom is -0.464 e. The molecule has 1 N–H and O–H groups in total. The highest BCUT2D eigenvalue weighted by Crippen LogP contribution is 2.26. The summed E-state index contributed by atoms with van der Waals surface area (Å²) in [5, 5.41) is 2.57. The fraction of sp³-hybridized carbons (Fsp3) is 0.529. The summed E-state index contributed by atoms with van der Waals surface area (Å²) in [6.07, 6.45) is -1.51. The number of ether oxygens (including phenoxy) is 2. The van der Waals surface area contributed by atoms with Crippen molar-refractivity contribution in [2.45, 2.75) is 33.8 Å². The second-order valence-electron chi connectivity index (χ2n) is 5.54. The molecule has 0 saturated carbocycles. The molecule has 1 atom stereocenters. The summed E-state index contributed by atoms with van der Waals surface area (Å²) in [6, 6.07) is 1.78. The SMILES string of the molecule is CCOC(=O)C(OCC)c1c(F)cc(C(=O)NCC(C)C)cc1F. The Balaban J connectivity index is 3.13. The van der Waals surface area contributed by atoms with Crippen LogP contribution in [0.25, 0.3) is 0 Å². The Bertz CT molecular complexity index is 567. The van der Waals surface area contributed by atoms with Crippen molar-refractivity contribution in [3.05, 3.63) is 34.9 Å². The summed E-state index contributed by atoms with van der Waals surface area (Å²) in [5.41, 5.74) is -0.718. The maximum absolute atomic E-state index is 14.3. The van der Waals surface area contributed by atoms with Crippen LogP contribution in [0.1, 0.15) is 49.7 Å². The maximum Gasteiger partial charge on any atom is 0.340 e.